The number of sulfonamides is 1. The highest BCUT2D eigenvalue weighted by atomic mass is 35.5. The number of hydrogen-bond acceptors (Lipinski definition) is 3. The number of nitrogens with zero attached hydrogens (tertiary/aromatic N) is 1. The van der Waals surface area contributed by atoms with Gasteiger partial charge < -0.3 is 5.32 Å². The van der Waals surface area contributed by atoms with Crippen LogP contribution >= 0.6 is 11.6 Å². The molecular weight excluding hydrogens is 403 g/mol. The summed E-state index contributed by atoms with van der Waals surface area (Å²) >= 11 is 5.97. The molecule has 2 fully saturated rings. The van der Waals surface area contributed by atoms with Gasteiger partial charge in [0, 0.05) is 35.6 Å². The van der Waals surface area contributed by atoms with Crippen molar-refractivity contribution in [2.45, 2.75) is 63.2 Å². The van der Waals surface area contributed by atoms with Gasteiger partial charge in [-0.2, -0.15) is 0 Å². The molecule has 0 aromatic heterocycles. The molecule has 1 amide bonds. The lowest BCUT2D eigenvalue weighted by atomic mass is 9.96. The number of benzene rings is 1. The highest BCUT2D eigenvalue weighted by Gasteiger charge is 2.32. The van der Waals surface area contributed by atoms with Crippen LogP contribution in [0.25, 0.3) is 0 Å². The summed E-state index contributed by atoms with van der Waals surface area (Å²) in [5.41, 5.74) is -0.00241. The van der Waals surface area contributed by atoms with Gasteiger partial charge in [-0.15, -0.1) is 0 Å². The Morgan fingerprint density at radius 2 is 1.75 bits per heavy atom. The van der Waals surface area contributed by atoms with E-state index in [-0.39, 0.29) is 41.5 Å². The summed E-state index contributed by atoms with van der Waals surface area (Å²) < 4.78 is 40.7. The Morgan fingerprint density at radius 3 is 2.36 bits per heavy atom. The number of halogens is 2. The minimum absolute atomic E-state index is 0.00241. The van der Waals surface area contributed by atoms with Crippen LogP contribution in [0.2, 0.25) is 5.02 Å². The summed E-state index contributed by atoms with van der Waals surface area (Å²) in [5.74, 6) is -1.20. The number of carbonyl (C=O) groups is 1. The molecule has 1 aliphatic heterocycles. The maximum atomic E-state index is 13.9. The van der Waals surface area contributed by atoms with E-state index in [2.05, 4.69) is 5.32 Å². The fourth-order valence-corrected chi connectivity index (χ4v) is 6.00. The molecule has 1 aliphatic carbocycles. The number of amides is 1. The molecule has 0 radical (unpaired) electrons. The molecule has 0 atom stereocenters. The van der Waals surface area contributed by atoms with Gasteiger partial charge in [0.05, 0.1) is 5.75 Å². The molecule has 1 N–H and O–H groups in total. The number of hydrogen-bond donors (Lipinski definition) is 1. The molecule has 1 saturated carbocycles. The lowest BCUT2D eigenvalue weighted by Gasteiger charge is -2.31. The molecule has 2 aliphatic rings. The van der Waals surface area contributed by atoms with Crippen LogP contribution in [-0.2, 0) is 20.6 Å². The van der Waals surface area contributed by atoms with Gasteiger partial charge in [-0.25, -0.2) is 17.1 Å². The smallest absolute Gasteiger partial charge is 0.223 e. The Kier molecular flexibility index (Phi) is 7.34. The third-order valence-corrected chi connectivity index (χ3v) is 7.97. The van der Waals surface area contributed by atoms with E-state index in [1.165, 1.54) is 35.3 Å². The minimum atomic E-state index is -3.69. The van der Waals surface area contributed by atoms with Crippen molar-refractivity contribution >= 4 is 27.5 Å². The Morgan fingerprint density at radius 1 is 1.11 bits per heavy atom. The van der Waals surface area contributed by atoms with E-state index < -0.39 is 21.6 Å². The van der Waals surface area contributed by atoms with E-state index in [9.17, 15) is 17.6 Å². The highest BCUT2D eigenvalue weighted by Crippen LogP contribution is 2.26. The zero-order valence-electron chi connectivity index (χ0n) is 16.0. The first-order valence-corrected chi connectivity index (χ1v) is 12.1. The van der Waals surface area contributed by atoms with Gasteiger partial charge in [-0.05, 0) is 37.8 Å². The largest absolute Gasteiger partial charge is 0.353 e. The standard InChI is InChI=1S/C20H28ClFN2O3S/c21-18-8-5-9-19(22)17(18)14-28(26,27)24-12-10-15(11-13-24)20(25)23-16-6-3-1-2-4-7-16/h5,8-9,15-16H,1-4,6-7,10-14H2,(H,23,25). The lowest BCUT2D eigenvalue weighted by molar-refractivity contribution is -0.126. The van der Waals surface area contributed by atoms with Crippen molar-refractivity contribution in [1.82, 2.24) is 9.62 Å². The van der Waals surface area contributed by atoms with Crippen LogP contribution in [0.15, 0.2) is 18.2 Å². The quantitative estimate of drug-likeness (QED) is 0.721. The van der Waals surface area contributed by atoms with Gasteiger partial charge in [0.15, 0.2) is 0 Å². The summed E-state index contributed by atoms with van der Waals surface area (Å²) in [5, 5.41) is 3.28. The number of piperidine rings is 1. The Hall–Kier alpha value is -1.18. The first-order chi connectivity index (χ1) is 13.4. The molecule has 3 rings (SSSR count). The van der Waals surface area contributed by atoms with E-state index >= 15 is 0 Å². The van der Waals surface area contributed by atoms with E-state index in [1.54, 1.807) is 0 Å². The van der Waals surface area contributed by atoms with Crippen LogP contribution < -0.4 is 5.32 Å². The summed E-state index contributed by atoms with van der Waals surface area (Å²) in [7, 11) is -3.69. The summed E-state index contributed by atoms with van der Waals surface area (Å²) in [6.07, 6.45) is 7.81. The van der Waals surface area contributed by atoms with Crippen LogP contribution in [0, 0.1) is 11.7 Å². The van der Waals surface area contributed by atoms with Gasteiger partial charge in [-0.1, -0.05) is 43.4 Å². The second-order valence-electron chi connectivity index (χ2n) is 7.83. The van der Waals surface area contributed by atoms with Gasteiger partial charge in [-0.3, -0.25) is 4.79 Å². The molecule has 0 spiro atoms. The van der Waals surface area contributed by atoms with E-state index in [0.29, 0.717) is 12.8 Å². The van der Waals surface area contributed by atoms with Crippen molar-refractivity contribution in [2.24, 2.45) is 5.92 Å². The van der Waals surface area contributed by atoms with Gasteiger partial charge in [0.1, 0.15) is 5.82 Å². The highest BCUT2D eigenvalue weighted by molar-refractivity contribution is 7.88. The van der Waals surface area contributed by atoms with Crippen molar-refractivity contribution in [3.8, 4) is 0 Å². The predicted molar refractivity (Wildman–Crippen MR) is 108 cm³/mol. The molecule has 5 nitrogen and oxygen atoms in total. The van der Waals surface area contributed by atoms with Crippen molar-refractivity contribution in [3.05, 3.63) is 34.6 Å². The van der Waals surface area contributed by atoms with Gasteiger partial charge in [0.2, 0.25) is 15.9 Å². The molecule has 156 valence electrons. The average molecular weight is 431 g/mol. The Balaban J connectivity index is 1.54. The molecule has 1 saturated heterocycles. The summed E-state index contributed by atoms with van der Waals surface area (Å²) in [6, 6.07) is 4.40. The lowest BCUT2D eigenvalue weighted by Crippen LogP contribution is -2.45. The number of rotatable bonds is 5. The van der Waals surface area contributed by atoms with E-state index in [1.807, 2.05) is 0 Å². The van der Waals surface area contributed by atoms with Gasteiger partial charge >= 0.3 is 0 Å². The minimum Gasteiger partial charge on any atom is -0.353 e. The van der Waals surface area contributed by atoms with Crippen molar-refractivity contribution < 1.29 is 17.6 Å². The topological polar surface area (TPSA) is 66.5 Å². The normalized spacial score (nSPS) is 20.6. The van der Waals surface area contributed by atoms with Crippen molar-refractivity contribution in [3.63, 3.8) is 0 Å². The summed E-state index contributed by atoms with van der Waals surface area (Å²) in [4.78, 5) is 12.6. The van der Waals surface area contributed by atoms with E-state index in [4.69, 9.17) is 11.6 Å². The zero-order valence-corrected chi connectivity index (χ0v) is 17.6. The first kappa shape index (κ1) is 21.5. The van der Waals surface area contributed by atoms with Crippen LogP contribution in [0.1, 0.15) is 56.9 Å². The number of nitrogens with one attached hydrogen (secondary N) is 1. The maximum absolute atomic E-state index is 13.9. The fourth-order valence-electron chi connectivity index (χ4n) is 4.08. The molecule has 0 unspecified atom stereocenters. The second kappa shape index (κ2) is 9.55. The zero-order chi connectivity index (χ0) is 20.1. The third-order valence-electron chi connectivity index (χ3n) is 5.81. The van der Waals surface area contributed by atoms with Gasteiger partial charge in [0.25, 0.3) is 0 Å². The number of carbonyl (C=O) groups excluding carboxylic acids is 1. The fraction of sp³-hybridized carbons (Fsp3) is 0.650. The van der Waals surface area contributed by atoms with Crippen molar-refractivity contribution in [1.29, 1.82) is 0 Å². The molecule has 0 bridgehead atoms. The molecule has 1 aromatic rings. The molecule has 1 aromatic carbocycles. The molecular formula is C20H28ClFN2O3S. The first-order valence-electron chi connectivity index (χ1n) is 10.1. The Bertz CT molecular complexity index is 766. The Labute approximate surface area is 171 Å². The average Bonchev–Trinajstić information content (AvgIpc) is 2.94. The monoisotopic (exact) mass is 430 g/mol. The van der Waals surface area contributed by atoms with Crippen LogP contribution in [0.4, 0.5) is 4.39 Å². The van der Waals surface area contributed by atoms with Crippen LogP contribution in [-0.4, -0.2) is 37.8 Å². The van der Waals surface area contributed by atoms with Crippen LogP contribution in [0.3, 0.4) is 0 Å². The third kappa shape index (κ3) is 5.45. The molecule has 1 heterocycles. The predicted octanol–water partition coefficient (Wildman–Crippen LogP) is 3.86. The summed E-state index contributed by atoms with van der Waals surface area (Å²) in [6.45, 7) is 0.550. The molecule has 8 heteroatoms. The maximum Gasteiger partial charge on any atom is 0.223 e. The SMILES string of the molecule is O=C(NC1CCCCCC1)C1CCN(S(=O)(=O)Cc2c(F)cccc2Cl)CC1. The van der Waals surface area contributed by atoms with Crippen molar-refractivity contribution in [2.75, 3.05) is 13.1 Å². The van der Waals surface area contributed by atoms with Crippen LogP contribution in [0.5, 0.6) is 0 Å². The molecule has 28 heavy (non-hydrogen) atoms. The second-order valence-corrected chi connectivity index (χ2v) is 10.2. The van der Waals surface area contributed by atoms with E-state index in [0.717, 1.165) is 25.7 Å².